The number of nitrogens with one attached hydrogen (secondary N) is 2. The number of aromatic amines is 1. The molecular weight excluding hydrogens is 415 g/mol. The highest BCUT2D eigenvalue weighted by molar-refractivity contribution is 6.42. The molecule has 2 atom stereocenters. The lowest BCUT2D eigenvalue weighted by Gasteiger charge is -2.28. The van der Waals surface area contributed by atoms with Gasteiger partial charge in [0.05, 0.1) is 27.4 Å². The Morgan fingerprint density at radius 2 is 1.93 bits per heavy atom. The molecule has 3 heterocycles. The van der Waals surface area contributed by atoms with Gasteiger partial charge in [-0.15, -0.1) is 5.10 Å². The first-order chi connectivity index (χ1) is 14.1. The topological polar surface area (TPSA) is 104 Å². The average Bonchev–Trinajstić information content (AvgIpc) is 3.35. The van der Waals surface area contributed by atoms with E-state index in [0.29, 0.717) is 32.8 Å². The summed E-state index contributed by atoms with van der Waals surface area (Å²) in [5, 5.41) is 26.0. The van der Waals surface area contributed by atoms with E-state index < -0.39 is 11.8 Å². The zero-order valence-corrected chi connectivity index (χ0v) is 16.2. The molecule has 2 aliphatic rings. The van der Waals surface area contributed by atoms with Gasteiger partial charge >= 0.3 is 0 Å². The van der Waals surface area contributed by atoms with Gasteiger partial charge in [-0.1, -0.05) is 35.3 Å². The van der Waals surface area contributed by atoms with E-state index in [1.54, 1.807) is 24.3 Å². The molecule has 2 aromatic carbocycles. The summed E-state index contributed by atoms with van der Waals surface area (Å²) in [6, 6.07) is 12.9. The van der Waals surface area contributed by atoms with E-state index in [-0.39, 0.29) is 18.6 Å². The summed E-state index contributed by atoms with van der Waals surface area (Å²) < 4.78 is 16.4. The number of halogens is 2. The zero-order chi connectivity index (χ0) is 20.1. The number of ether oxygens (including phenoxy) is 3. The summed E-state index contributed by atoms with van der Waals surface area (Å²) in [6.45, 7) is 0.148. The Hall–Kier alpha value is -3.21. The van der Waals surface area contributed by atoms with Gasteiger partial charge in [0.15, 0.2) is 11.5 Å². The SMILES string of the molecule is N#CC1C(=N)Oc2n[nH]c(-c3ccc(Cl)c(Cl)c3)c2C1c1ccc2c(c1)OCO2. The molecule has 0 spiro atoms. The van der Waals surface area contributed by atoms with Crippen LogP contribution in [0.4, 0.5) is 0 Å². The van der Waals surface area contributed by atoms with Crippen LogP contribution in [0.1, 0.15) is 17.0 Å². The summed E-state index contributed by atoms with van der Waals surface area (Å²) in [5.41, 5.74) is 2.85. The fourth-order valence-corrected chi connectivity index (χ4v) is 3.95. The normalized spacial score (nSPS) is 19.4. The number of H-pyrrole nitrogens is 1. The highest BCUT2D eigenvalue weighted by atomic mass is 35.5. The number of hydrogen-bond donors (Lipinski definition) is 2. The van der Waals surface area contributed by atoms with Crippen LogP contribution in [-0.2, 0) is 0 Å². The number of rotatable bonds is 2. The number of benzene rings is 2. The van der Waals surface area contributed by atoms with Crippen LogP contribution in [0.15, 0.2) is 36.4 Å². The molecule has 5 rings (SSSR count). The molecule has 0 amide bonds. The van der Waals surface area contributed by atoms with Gasteiger partial charge in [-0.25, -0.2) is 0 Å². The standard InChI is InChI=1S/C20H12Cl2N4O3/c21-12-3-1-10(5-13(12)22)18-17-16(9-2-4-14-15(6-9)28-8-27-14)11(7-23)19(24)29-20(17)26-25-18/h1-6,11,16,24H,8H2,(H,25,26). The maximum Gasteiger partial charge on any atom is 0.244 e. The van der Waals surface area contributed by atoms with Crippen LogP contribution in [0.3, 0.4) is 0 Å². The summed E-state index contributed by atoms with van der Waals surface area (Å²) in [7, 11) is 0. The molecule has 0 fully saturated rings. The summed E-state index contributed by atoms with van der Waals surface area (Å²) in [4.78, 5) is 0. The smallest absolute Gasteiger partial charge is 0.244 e. The van der Waals surface area contributed by atoms with Gasteiger partial charge in [-0.05, 0) is 29.8 Å². The van der Waals surface area contributed by atoms with Crippen LogP contribution in [0.25, 0.3) is 11.3 Å². The highest BCUT2D eigenvalue weighted by Crippen LogP contribution is 2.47. The van der Waals surface area contributed by atoms with Crippen molar-refractivity contribution in [3.63, 3.8) is 0 Å². The Bertz CT molecular complexity index is 1200. The van der Waals surface area contributed by atoms with E-state index in [0.717, 1.165) is 11.1 Å². The summed E-state index contributed by atoms with van der Waals surface area (Å²) in [6.07, 6.45) is 0. The minimum atomic E-state index is -0.831. The van der Waals surface area contributed by atoms with Crippen molar-refractivity contribution in [3.05, 3.63) is 57.6 Å². The number of hydrogen-bond acceptors (Lipinski definition) is 6. The Morgan fingerprint density at radius 1 is 1.10 bits per heavy atom. The van der Waals surface area contributed by atoms with Gasteiger partial charge in [0.2, 0.25) is 18.6 Å². The maximum absolute atomic E-state index is 9.80. The lowest BCUT2D eigenvalue weighted by atomic mass is 9.78. The van der Waals surface area contributed by atoms with E-state index in [9.17, 15) is 5.26 Å². The molecule has 0 saturated heterocycles. The van der Waals surface area contributed by atoms with E-state index in [4.69, 9.17) is 42.8 Å². The predicted octanol–water partition coefficient (Wildman–Crippen LogP) is 4.75. The molecule has 3 aromatic rings. The average molecular weight is 427 g/mol. The molecule has 144 valence electrons. The van der Waals surface area contributed by atoms with Crippen molar-refractivity contribution in [2.24, 2.45) is 5.92 Å². The van der Waals surface area contributed by atoms with E-state index in [2.05, 4.69) is 16.3 Å². The Morgan fingerprint density at radius 3 is 2.72 bits per heavy atom. The number of nitriles is 1. The Balaban J connectivity index is 1.71. The van der Waals surface area contributed by atoms with E-state index >= 15 is 0 Å². The molecule has 0 bridgehead atoms. The molecule has 0 aliphatic carbocycles. The third kappa shape index (κ3) is 2.80. The Kier molecular flexibility index (Phi) is 4.12. The highest BCUT2D eigenvalue weighted by Gasteiger charge is 2.41. The lowest BCUT2D eigenvalue weighted by Crippen LogP contribution is -2.30. The molecule has 9 heteroatoms. The van der Waals surface area contributed by atoms with Crippen LogP contribution in [0, 0.1) is 22.7 Å². The third-order valence-electron chi connectivity index (χ3n) is 5.01. The zero-order valence-electron chi connectivity index (χ0n) is 14.7. The number of aromatic nitrogens is 2. The molecule has 7 nitrogen and oxygen atoms in total. The van der Waals surface area contributed by atoms with Gasteiger partial charge in [0.1, 0.15) is 5.92 Å². The Labute approximate surface area is 175 Å². The van der Waals surface area contributed by atoms with Gasteiger partial charge in [0, 0.05) is 11.5 Å². The van der Waals surface area contributed by atoms with Crippen LogP contribution in [-0.4, -0.2) is 22.9 Å². The van der Waals surface area contributed by atoms with Crippen LogP contribution in [0.2, 0.25) is 10.0 Å². The largest absolute Gasteiger partial charge is 0.454 e. The van der Waals surface area contributed by atoms with Crippen molar-refractivity contribution in [1.82, 2.24) is 10.2 Å². The lowest BCUT2D eigenvalue weighted by molar-refractivity contribution is 0.174. The van der Waals surface area contributed by atoms with Gasteiger partial charge < -0.3 is 14.2 Å². The van der Waals surface area contributed by atoms with Crippen molar-refractivity contribution in [2.45, 2.75) is 5.92 Å². The molecule has 2 N–H and O–H groups in total. The first kappa shape index (κ1) is 17.9. The van der Waals surface area contributed by atoms with Crippen molar-refractivity contribution in [1.29, 1.82) is 10.7 Å². The molecule has 2 unspecified atom stereocenters. The second kappa shape index (κ2) is 6.69. The first-order valence-corrected chi connectivity index (χ1v) is 9.41. The minimum absolute atomic E-state index is 0.148. The van der Waals surface area contributed by atoms with Crippen molar-refractivity contribution in [2.75, 3.05) is 6.79 Å². The monoisotopic (exact) mass is 426 g/mol. The molecule has 1 aromatic heterocycles. The van der Waals surface area contributed by atoms with E-state index in [1.807, 2.05) is 12.1 Å². The van der Waals surface area contributed by atoms with Crippen molar-refractivity contribution >= 4 is 29.1 Å². The maximum atomic E-state index is 9.80. The number of nitrogens with zero attached hydrogens (tertiary/aromatic N) is 2. The quantitative estimate of drug-likeness (QED) is 0.614. The molecule has 2 aliphatic heterocycles. The van der Waals surface area contributed by atoms with E-state index in [1.165, 1.54) is 0 Å². The van der Waals surface area contributed by atoms with Gasteiger partial charge in [0.25, 0.3) is 0 Å². The van der Waals surface area contributed by atoms with Gasteiger partial charge in [-0.3, -0.25) is 10.5 Å². The van der Waals surface area contributed by atoms with Crippen LogP contribution >= 0.6 is 23.2 Å². The summed E-state index contributed by atoms with van der Waals surface area (Å²) in [5.74, 6) is 0.0101. The van der Waals surface area contributed by atoms with Gasteiger partial charge in [-0.2, -0.15) is 5.26 Å². The molecular formula is C20H12Cl2N4O3. The first-order valence-electron chi connectivity index (χ1n) is 8.66. The minimum Gasteiger partial charge on any atom is -0.454 e. The number of fused-ring (bicyclic) bond motifs is 2. The molecule has 29 heavy (non-hydrogen) atoms. The predicted molar refractivity (Wildman–Crippen MR) is 106 cm³/mol. The fraction of sp³-hybridized carbons (Fsp3) is 0.150. The van der Waals surface area contributed by atoms with Crippen molar-refractivity contribution in [3.8, 4) is 34.7 Å². The van der Waals surface area contributed by atoms with Crippen molar-refractivity contribution < 1.29 is 14.2 Å². The third-order valence-corrected chi connectivity index (χ3v) is 5.74. The fourth-order valence-electron chi connectivity index (χ4n) is 3.66. The molecule has 0 saturated carbocycles. The summed E-state index contributed by atoms with van der Waals surface area (Å²) >= 11 is 12.2. The second-order valence-corrected chi connectivity index (χ2v) is 7.42. The van der Waals surface area contributed by atoms with Crippen LogP contribution in [0.5, 0.6) is 17.4 Å². The van der Waals surface area contributed by atoms with Crippen LogP contribution < -0.4 is 14.2 Å². The molecule has 0 radical (unpaired) electrons. The second-order valence-electron chi connectivity index (χ2n) is 6.61.